The number of hydrogen-bond donors (Lipinski definition) is 2. The number of nitrogens with two attached hydrogens (primary N) is 1. The summed E-state index contributed by atoms with van der Waals surface area (Å²) in [5.41, 5.74) is 6.21. The van der Waals surface area contributed by atoms with Gasteiger partial charge in [0.15, 0.2) is 0 Å². The highest BCUT2D eigenvalue weighted by atomic mass is 16.2. The molecule has 0 heterocycles. The Kier molecular flexibility index (Phi) is 3.72. The third-order valence-electron chi connectivity index (χ3n) is 0.978. The Morgan fingerprint density at radius 2 is 2.30 bits per heavy atom. The molecule has 1 atom stereocenters. The summed E-state index contributed by atoms with van der Waals surface area (Å²) in [6, 6.07) is -0.431. The van der Waals surface area contributed by atoms with Crippen molar-refractivity contribution in [3.63, 3.8) is 0 Å². The smallest absolute Gasteiger partial charge is 0.236 e. The number of carbonyl (C=O) groups is 1. The fourth-order valence-electron chi connectivity index (χ4n) is 0.399. The van der Waals surface area contributed by atoms with Crippen molar-refractivity contribution in [1.82, 2.24) is 5.32 Å². The van der Waals surface area contributed by atoms with Crippen molar-refractivity contribution >= 4 is 5.91 Å². The van der Waals surface area contributed by atoms with Crippen LogP contribution in [0.25, 0.3) is 0 Å². The van der Waals surface area contributed by atoms with Gasteiger partial charge in [0.1, 0.15) is 0 Å². The SMILES string of the molecule is C=C(C)CNC(=O)[C@@H](C)N. The average molecular weight is 142 g/mol. The summed E-state index contributed by atoms with van der Waals surface area (Å²) in [4.78, 5) is 10.8. The molecule has 0 aliphatic carbocycles. The molecular formula is C7H14N2O. The summed E-state index contributed by atoms with van der Waals surface area (Å²) in [5.74, 6) is -0.136. The van der Waals surface area contributed by atoms with Crippen LogP contribution in [0, 0.1) is 0 Å². The lowest BCUT2D eigenvalue weighted by Crippen LogP contribution is -2.38. The second-order valence-corrected chi connectivity index (χ2v) is 2.46. The van der Waals surface area contributed by atoms with Crippen LogP contribution in [-0.2, 0) is 4.79 Å². The molecule has 3 N–H and O–H groups in total. The normalized spacial score (nSPS) is 12.3. The van der Waals surface area contributed by atoms with Gasteiger partial charge in [0.2, 0.25) is 5.91 Å². The molecule has 3 nitrogen and oxygen atoms in total. The third-order valence-corrected chi connectivity index (χ3v) is 0.978. The van der Waals surface area contributed by atoms with Gasteiger partial charge in [-0.1, -0.05) is 12.2 Å². The minimum atomic E-state index is -0.431. The molecule has 0 fully saturated rings. The first-order valence-corrected chi connectivity index (χ1v) is 3.21. The molecule has 0 spiro atoms. The van der Waals surface area contributed by atoms with Crippen LogP contribution < -0.4 is 11.1 Å². The van der Waals surface area contributed by atoms with Crippen LogP contribution in [0.1, 0.15) is 13.8 Å². The first kappa shape index (κ1) is 9.17. The van der Waals surface area contributed by atoms with E-state index in [0.717, 1.165) is 5.57 Å². The molecule has 0 bridgehead atoms. The molecular weight excluding hydrogens is 128 g/mol. The van der Waals surface area contributed by atoms with Crippen LogP contribution in [0.5, 0.6) is 0 Å². The van der Waals surface area contributed by atoms with Crippen molar-refractivity contribution in [1.29, 1.82) is 0 Å². The van der Waals surface area contributed by atoms with Crippen molar-refractivity contribution in [2.75, 3.05) is 6.54 Å². The zero-order valence-corrected chi connectivity index (χ0v) is 6.48. The van der Waals surface area contributed by atoms with Crippen LogP contribution in [0.4, 0.5) is 0 Å². The second-order valence-electron chi connectivity index (χ2n) is 2.46. The Morgan fingerprint density at radius 3 is 2.60 bits per heavy atom. The molecule has 0 saturated heterocycles. The molecule has 0 aliphatic heterocycles. The van der Waals surface area contributed by atoms with E-state index < -0.39 is 6.04 Å². The molecule has 0 radical (unpaired) electrons. The van der Waals surface area contributed by atoms with Crippen molar-refractivity contribution in [3.8, 4) is 0 Å². The number of carbonyl (C=O) groups excluding carboxylic acids is 1. The van der Waals surface area contributed by atoms with Crippen LogP contribution in [0.15, 0.2) is 12.2 Å². The zero-order valence-electron chi connectivity index (χ0n) is 6.48. The highest BCUT2D eigenvalue weighted by Crippen LogP contribution is 1.82. The first-order valence-electron chi connectivity index (χ1n) is 3.21. The average Bonchev–Trinajstić information content (AvgIpc) is 1.82. The lowest BCUT2D eigenvalue weighted by molar-refractivity contribution is -0.121. The van der Waals surface area contributed by atoms with E-state index in [1.165, 1.54) is 0 Å². The molecule has 0 aromatic rings. The topological polar surface area (TPSA) is 55.1 Å². The molecule has 58 valence electrons. The van der Waals surface area contributed by atoms with Gasteiger partial charge in [-0.05, 0) is 13.8 Å². The minimum absolute atomic E-state index is 0.136. The Bertz CT molecular complexity index is 141. The number of hydrogen-bond acceptors (Lipinski definition) is 2. The van der Waals surface area contributed by atoms with Crippen molar-refractivity contribution in [3.05, 3.63) is 12.2 Å². The van der Waals surface area contributed by atoms with Crippen LogP contribution in [0.3, 0.4) is 0 Å². The van der Waals surface area contributed by atoms with Gasteiger partial charge in [0, 0.05) is 6.54 Å². The fourth-order valence-corrected chi connectivity index (χ4v) is 0.399. The van der Waals surface area contributed by atoms with Gasteiger partial charge in [0.25, 0.3) is 0 Å². The highest BCUT2D eigenvalue weighted by molar-refractivity contribution is 5.81. The van der Waals surface area contributed by atoms with Crippen LogP contribution in [0.2, 0.25) is 0 Å². The maximum absolute atomic E-state index is 10.8. The molecule has 0 unspecified atom stereocenters. The van der Waals surface area contributed by atoms with E-state index in [-0.39, 0.29) is 5.91 Å². The van der Waals surface area contributed by atoms with E-state index in [0.29, 0.717) is 6.54 Å². The maximum Gasteiger partial charge on any atom is 0.236 e. The first-order chi connectivity index (χ1) is 4.54. The van der Waals surface area contributed by atoms with E-state index in [2.05, 4.69) is 11.9 Å². The summed E-state index contributed by atoms with van der Waals surface area (Å²) >= 11 is 0. The molecule has 0 aliphatic rings. The van der Waals surface area contributed by atoms with Crippen LogP contribution >= 0.6 is 0 Å². The van der Waals surface area contributed by atoms with Gasteiger partial charge in [-0.25, -0.2) is 0 Å². The van der Waals surface area contributed by atoms with Crippen molar-refractivity contribution in [2.24, 2.45) is 5.73 Å². The molecule has 0 aromatic heterocycles. The van der Waals surface area contributed by atoms with Gasteiger partial charge >= 0.3 is 0 Å². The van der Waals surface area contributed by atoms with Gasteiger partial charge in [-0.2, -0.15) is 0 Å². The lowest BCUT2D eigenvalue weighted by atomic mass is 10.3. The number of nitrogens with one attached hydrogen (secondary N) is 1. The van der Waals surface area contributed by atoms with Gasteiger partial charge < -0.3 is 11.1 Å². The predicted octanol–water partition coefficient (Wildman–Crippen LogP) is 0.0259. The second kappa shape index (κ2) is 4.06. The molecule has 10 heavy (non-hydrogen) atoms. The van der Waals surface area contributed by atoms with Crippen molar-refractivity contribution in [2.45, 2.75) is 19.9 Å². The molecule has 0 aromatic carbocycles. The lowest BCUT2D eigenvalue weighted by Gasteiger charge is -2.06. The molecule has 0 saturated carbocycles. The number of amides is 1. The fraction of sp³-hybridized carbons (Fsp3) is 0.571. The summed E-state index contributed by atoms with van der Waals surface area (Å²) in [6.45, 7) is 7.64. The van der Waals surface area contributed by atoms with Crippen molar-refractivity contribution < 1.29 is 4.79 Å². The van der Waals surface area contributed by atoms with E-state index >= 15 is 0 Å². The van der Waals surface area contributed by atoms with E-state index in [9.17, 15) is 4.79 Å². The van der Waals surface area contributed by atoms with Gasteiger partial charge in [0.05, 0.1) is 6.04 Å². The third kappa shape index (κ3) is 4.09. The molecule has 3 heteroatoms. The van der Waals surface area contributed by atoms with E-state index in [4.69, 9.17) is 5.73 Å². The van der Waals surface area contributed by atoms with Crippen LogP contribution in [-0.4, -0.2) is 18.5 Å². The van der Waals surface area contributed by atoms with Gasteiger partial charge in [-0.3, -0.25) is 4.79 Å². The minimum Gasteiger partial charge on any atom is -0.351 e. The Hall–Kier alpha value is -0.830. The van der Waals surface area contributed by atoms with Gasteiger partial charge in [-0.15, -0.1) is 0 Å². The monoisotopic (exact) mass is 142 g/mol. The summed E-state index contributed by atoms with van der Waals surface area (Å²) < 4.78 is 0. The van der Waals surface area contributed by atoms with E-state index in [1.54, 1.807) is 6.92 Å². The highest BCUT2D eigenvalue weighted by Gasteiger charge is 2.04. The van der Waals surface area contributed by atoms with E-state index in [1.807, 2.05) is 6.92 Å². The Balaban J connectivity index is 3.50. The standard InChI is InChI=1S/C7H14N2O/c1-5(2)4-9-7(10)6(3)8/h6H,1,4,8H2,2-3H3,(H,9,10)/t6-/m1/s1. The summed E-state index contributed by atoms with van der Waals surface area (Å²) in [5, 5.41) is 2.62. The summed E-state index contributed by atoms with van der Waals surface area (Å²) in [7, 11) is 0. The molecule has 0 rings (SSSR count). The molecule has 1 amide bonds. The summed E-state index contributed by atoms with van der Waals surface area (Å²) in [6.07, 6.45) is 0. The zero-order chi connectivity index (χ0) is 8.15. The Labute approximate surface area is 61.3 Å². The number of rotatable bonds is 3. The predicted molar refractivity (Wildman–Crippen MR) is 41.5 cm³/mol. The Morgan fingerprint density at radius 1 is 1.80 bits per heavy atom. The maximum atomic E-state index is 10.8. The largest absolute Gasteiger partial charge is 0.351 e. The quantitative estimate of drug-likeness (QED) is 0.546.